The van der Waals surface area contributed by atoms with E-state index in [4.69, 9.17) is 5.73 Å². The van der Waals surface area contributed by atoms with Crippen LogP contribution < -0.4 is 5.73 Å². The number of aromatic nitrogens is 3. The van der Waals surface area contributed by atoms with Gasteiger partial charge in [0.05, 0.1) is 6.04 Å². The van der Waals surface area contributed by atoms with E-state index in [0.29, 0.717) is 0 Å². The molecule has 0 fully saturated rings. The predicted octanol–water partition coefficient (Wildman–Crippen LogP) is 0.634. The fraction of sp³-hybridized carbons (Fsp3) is 0.750. The molecule has 2 rings (SSSR count). The van der Waals surface area contributed by atoms with E-state index in [0.717, 1.165) is 37.5 Å². The van der Waals surface area contributed by atoms with Crippen LogP contribution in [0.15, 0.2) is 0 Å². The number of nitrogens with two attached hydrogens (primary N) is 1. The highest BCUT2D eigenvalue weighted by molar-refractivity contribution is 5.00. The van der Waals surface area contributed by atoms with Gasteiger partial charge in [-0.1, -0.05) is 6.92 Å². The monoisotopic (exact) mass is 166 g/mol. The van der Waals surface area contributed by atoms with Gasteiger partial charge in [-0.25, -0.2) is 9.67 Å². The van der Waals surface area contributed by atoms with Crippen molar-refractivity contribution in [3.8, 4) is 0 Å². The molecular weight excluding hydrogens is 152 g/mol. The normalized spacial score (nSPS) is 22.3. The topological polar surface area (TPSA) is 56.7 Å². The molecule has 1 aliphatic heterocycles. The van der Waals surface area contributed by atoms with Crippen molar-refractivity contribution in [2.75, 3.05) is 0 Å². The van der Waals surface area contributed by atoms with Gasteiger partial charge in [-0.05, 0) is 12.8 Å². The van der Waals surface area contributed by atoms with Gasteiger partial charge in [-0.3, -0.25) is 0 Å². The first-order valence-corrected chi connectivity index (χ1v) is 4.50. The van der Waals surface area contributed by atoms with Crippen LogP contribution in [0.1, 0.15) is 37.5 Å². The average Bonchev–Trinajstić information content (AvgIpc) is 2.49. The molecule has 0 aliphatic carbocycles. The summed E-state index contributed by atoms with van der Waals surface area (Å²) in [7, 11) is 0. The van der Waals surface area contributed by atoms with E-state index in [2.05, 4.69) is 17.0 Å². The third-order valence-corrected chi connectivity index (χ3v) is 2.28. The zero-order valence-electron chi connectivity index (χ0n) is 7.32. The summed E-state index contributed by atoms with van der Waals surface area (Å²) in [5.74, 6) is 1.89. The van der Waals surface area contributed by atoms with Gasteiger partial charge in [0.1, 0.15) is 5.82 Å². The Morgan fingerprint density at radius 2 is 2.50 bits per heavy atom. The second-order valence-corrected chi connectivity index (χ2v) is 3.21. The minimum absolute atomic E-state index is 0.103. The fourth-order valence-corrected chi connectivity index (χ4v) is 1.58. The maximum absolute atomic E-state index is 5.89. The Bertz CT molecular complexity index is 279. The van der Waals surface area contributed by atoms with Crippen LogP contribution in [0.3, 0.4) is 0 Å². The predicted molar refractivity (Wildman–Crippen MR) is 45.6 cm³/mol. The molecule has 2 N–H and O–H groups in total. The zero-order chi connectivity index (χ0) is 8.55. The molecule has 66 valence electrons. The van der Waals surface area contributed by atoms with E-state index in [-0.39, 0.29) is 6.04 Å². The average molecular weight is 166 g/mol. The first kappa shape index (κ1) is 7.73. The second kappa shape index (κ2) is 2.86. The summed E-state index contributed by atoms with van der Waals surface area (Å²) in [4.78, 5) is 4.38. The van der Waals surface area contributed by atoms with Crippen molar-refractivity contribution in [1.82, 2.24) is 14.8 Å². The van der Waals surface area contributed by atoms with Crippen LogP contribution in [0.5, 0.6) is 0 Å². The first-order chi connectivity index (χ1) is 5.81. The highest BCUT2D eigenvalue weighted by atomic mass is 15.4. The van der Waals surface area contributed by atoms with E-state index in [1.807, 2.05) is 4.68 Å². The van der Waals surface area contributed by atoms with Crippen LogP contribution in [0, 0.1) is 0 Å². The van der Waals surface area contributed by atoms with Crippen LogP contribution in [-0.4, -0.2) is 14.8 Å². The third-order valence-electron chi connectivity index (χ3n) is 2.28. The number of fused-ring (bicyclic) bond motifs is 1. The lowest BCUT2D eigenvalue weighted by atomic mass is 10.1. The Hall–Kier alpha value is -0.900. The van der Waals surface area contributed by atoms with Crippen molar-refractivity contribution in [3.63, 3.8) is 0 Å². The van der Waals surface area contributed by atoms with Crippen molar-refractivity contribution >= 4 is 0 Å². The van der Waals surface area contributed by atoms with Crippen molar-refractivity contribution in [1.29, 1.82) is 0 Å². The molecule has 1 unspecified atom stereocenters. The molecule has 1 atom stereocenters. The molecule has 4 nitrogen and oxygen atoms in total. The number of hydrogen-bond acceptors (Lipinski definition) is 3. The van der Waals surface area contributed by atoms with Crippen LogP contribution >= 0.6 is 0 Å². The van der Waals surface area contributed by atoms with Crippen molar-refractivity contribution < 1.29 is 0 Å². The zero-order valence-corrected chi connectivity index (χ0v) is 7.32. The van der Waals surface area contributed by atoms with Crippen molar-refractivity contribution in [3.05, 3.63) is 11.6 Å². The van der Waals surface area contributed by atoms with Gasteiger partial charge in [-0.2, -0.15) is 5.10 Å². The molecule has 0 bridgehead atoms. The maximum Gasteiger partial charge on any atom is 0.150 e. The van der Waals surface area contributed by atoms with Crippen molar-refractivity contribution in [2.45, 2.75) is 38.8 Å². The van der Waals surface area contributed by atoms with Gasteiger partial charge in [0.25, 0.3) is 0 Å². The second-order valence-electron chi connectivity index (χ2n) is 3.21. The summed E-state index contributed by atoms with van der Waals surface area (Å²) in [5.41, 5.74) is 5.89. The lowest BCUT2D eigenvalue weighted by Crippen LogP contribution is -2.22. The van der Waals surface area contributed by atoms with E-state index in [9.17, 15) is 0 Å². The highest BCUT2D eigenvalue weighted by Crippen LogP contribution is 2.20. The minimum Gasteiger partial charge on any atom is -0.321 e. The number of rotatable bonds is 1. The summed E-state index contributed by atoms with van der Waals surface area (Å²) in [6, 6.07) is 0.103. The van der Waals surface area contributed by atoms with Crippen molar-refractivity contribution in [2.24, 2.45) is 5.73 Å². The molecule has 12 heavy (non-hydrogen) atoms. The van der Waals surface area contributed by atoms with E-state index in [1.54, 1.807) is 0 Å². The molecule has 2 heterocycles. The highest BCUT2D eigenvalue weighted by Gasteiger charge is 2.19. The fourth-order valence-electron chi connectivity index (χ4n) is 1.58. The number of hydrogen-bond donors (Lipinski definition) is 1. The Morgan fingerprint density at radius 1 is 1.67 bits per heavy atom. The quantitative estimate of drug-likeness (QED) is 0.666. The Labute approximate surface area is 71.8 Å². The molecule has 0 saturated carbocycles. The third kappa shape index (κ3) is 1.12. The van der Waals surface area contributed by atoms with Crippen LogP contribution in [0.4, 0.5) is 0 Å². The van der Waals surface area contributed by atoms with Crippen LogP contribution in [-0.2, 0) is 13.0 Å². The number of aryl methyl sites for hydroxylation is 2. The van der Waals surface area contributed by atoms with Gasteiger partial charge in [0, 0.05) is 13.0 Å². The Kier molecular flexibility index (Phi) is 1.84. The lowest BCUT2D eigenvalue weighted by Gasteiger charge is -2.17. The summed E-state index contributed by atoms with van der Waals surface area (Å²) < 4.78 is 1.95. The van der Waals surface area contributed by atoms with Gasteiger partial charge < -0.3 is 5.73 Å². The van der Waals surface area contributed by atoms with Crippen LogP contribution in [0.2, 0.25) is 0 Å². The molecule has 0 aromatic carbocycles. The minimum atomic E-state index is 0.103. The molecule has 1 aromatic rings. The van der Waals surface area contributed by atoms with Gasteiger partial charge in [-0.15, -0.1) is 0 Å². The summed E-state index contributed by atoms with van der Waals surface area (Å²) in [6.07, 6.45) is 3.06. The summed E-state index contributed by atoms with van der Waals surface area (Å²) in [6.45, 7) is 3.04. The van der Waals surface area contributed by atoms with E-state index in [1.165, 1.54) is 0 Å². The molecule has 0 amide bonds. The Balaban J connectivity index is 2.37. The molecule has 0 spiro atoms. The molecule has 0 radical (unpaired) electrons. The van der Waals surface area contributed by atoms with Gasteiger partial charge in [0.2, 0.25) is 0 Å². The van der Waals surface area contributed by atoms with Gasteiger partial charge in [0.15, 0.2) is 5.82 Å². The first-order valence-electron chi connectivity index (χ1n) is 4.50. The SMILES string of the molecule is CCc1nc2n(n1)CCCC2N. The van der Waals surface area contributed by atoms with Gasteiger partial charge >= 0.3 is 0 Å². The smallest absolute Gasteiger partial charge is 0.150 e. The summed E-state index contributed by atoms with van der Waals surface area (Å²) in [5, 5.41) is 4.35. The number of nitrogens with zero attached hydrogens (tertiary/aromatic N) is 3. The maximum atomic E-state index is 5.89. The standard InChI is InChI=1S/C8H14N4/c1-2-7-10-8-6(9)4-3-5-12(8)11-7/h6H,2-5,9H2,1H3. The lowest BCUT2D eigenvalue weighted by molar-refractivity contribution is 0.421. The van der Waals surface area contributed by atoms with Crippen LogP contribution in [0.25, 0.3) is 0 Å². The molecule has 0 saturated heterocycles. The molecule has 1 aromatic heterocycles. The van der Waals surface area contributed by atoms with E-state index < -0.39 is 0 Å². The largest absolute Gasteiger partial charge is 0.321 e. The summed E-state index contributed by atoms with van der Waals surface area (Å²) >= 11 is 0. The van der Waals surface area contributed by atoms with E-state index >= 15 is 0 Å². The Morgan fingerprint density at radius 3 is 3.17 bits per heavy atom. The molecular formula is C8H14N4. The molecule has 4 heteroatoms. The molecule has 1 aliphatic rings.